The smallest absolute Gasteiger partial charge is 0.260 e. The molecule has 3 rings (SSSR count). The Balaban J connectivity index is 2.01. The standard InChI is InChI=1S/C14H12N4O3S/c1-22(19,20)18-12-5-3-2-4-11(12)14-16-13(17-21-14)10-6-8-15-9-7-10/h2-9,18H,1H3. The first-order valence-electron chi connectivity index (χ1n) is 6.34. The first-order valence-corrected chi connectivity index (χ1v) is 8.23. The molecule has 0 aliphatic rings. The SMILES string of the molecule is CS(=O)(=O)Nc1ccccc1-c1nc(-c2ccncc2)no1. The van der Waals surface area contributed by atoms with Crippen LogP contribution in [-0.4, -0.2) is 29.8 Å². The molecule has 1 aromatic carbocycles. The summed E-state index contributed by atoms with van der Waals surface area (Å²) in [4.78, 5) is 8.23. The van der Waals surface area contributed by atoms with Crippen molar-refractivity contribution in [1.82, 2.24) is 15.1 Å². The van der Waals surface area contributed by atoms with Gasteiger partial charge in [-0.05, 0) is 24.3 Å². The van der Waals surface area contributed by atoms with E-state index in [0.717, 1.165) is 11.8 Å². The Labute approximate surface area is 127 Å². The number of sulfonamides is 1. The lowest BCUT2D eigenvalue weighted by Gasteiger charge is -2.06. The number of hydrogen-bond acceptors (Lipinski definition) is 6. The normalized spacial score (nSPS) is 11.3. The summed E-state index contributed by atoms with van der Waals surface area (Å²) >= 11 is 0. The van der Waals surface area contributed by atoms with Gasteiger partial charge in [-0.25, -0.2) is 8.42 Å². The van der Waals surface area contributed by atoms with Crippen LogP contribution in [0.4, 0.5) is 5.69 Å². The molecule has 0 radical (unpaired) electrons. The molecule has 22 heavy (non-hydrogen) atoms. The minimum absolute atomic E-state index is 0.235. The minimum Gasteiger partial charge on any atom is -0.334 e. The lowest BCUT2D eigenvalue weighted by Crippen LogP contribution is -2.10. The van der Waals surface area contributed by atoms with Gasteiger partial charge in [0.25, 0.3) is 5.89 Å². The van der Waals surface area contributed by atoms with Crippen molar-refractivity contribution in [3.8, 4) is 22.8 Å². The van der Waals surface area contributed by atoms with Crippen LogP contribution in [0.2, 0.25) is 0 Å². The summed E-state index contributed by atoms with van der Waals surface area (Å²) < 4.78 is 30.5. The number of rotatable bonds is 4. The van der Waals surface area contributed by atoms with E-state index < -0.39 is 10.0 Å². The number of aromatic nitrogens is 3. The lowest BCUT2D eigenvalue weighted by molar-refractivity contribution is 0.432. The molecule has 0 aliphatic carbocycles. The van der Waals surface area contributed by atoms with Crippen LogP contribution in [0.3, 0.4) is 0 Å². The monoisotopic (exact) mass is 316 g/mol. The highest BCUT2D eigenvalue weighted by Gasteiger charge is 2.15. The van der Waals surface area contributed by atoms with Gasteiger partial charge in [-0.3, -0.25) is 9.71 Å². The first-order chi connectivity index (χ1) is 10.5. The number of nitrogens with zero attached hydrogens (tertiary/aromatic N) is 3. The van der Waals surface area contributed by atoms with Gasteiger partial charge in [-0.15, -0.1) is 0 Å². The van der Waals surface area contributed by atoms with Crippen molar-refractivity contribution in [2.75, 3.05) is 11.0 Å². The zero-order valence-electron chi connectivity index (χ0n) is 11.6. The molecule has 0 atom stereocenters. The molecular formula is C14H12N4O3S. The molecular weight excluding hydrogens is 304 g/mol. The summed E-state index contributed by atoms with van der Waals surface area (Å²) in [5.74, 6) is 0.644. The largest absolute Gasteiger partial charge is 0.334 e. The Morgan fingerprint density at radius 2 is 1.82 bits per heavy atom. The van der Waals surface area contributed by atoms with Gasteiger partial charge in [-0.1, -0.05) is 17.3 Å². The predicted octanol–water partition coefficient (Wildman–Crippen LogP) is 2.17. The fourth-order valence-corrected chi connectivity index (χ4v) is 2.49. The molecule has 0 unspecified atom stereocenters. The van der Waals surface area contributed by atoms with E-state index >= 15 is 0 Å². The third-order valence-electron chi connectivity index (χ3n) is 2.82. The highest BCUT2D eigenvalue weighted by Crippen LogP contribution is 2.28. The van der Waals surface area contributed by atoms with E-state index in [2.05, 4.69) is 19.8 Å². The fraction of sp³-hybridized carbons (Fsp3) is 0.0714. The van der Waals surface area contributed by atoms with Crippen LogP contribution in [0, 0.1) is 0 Å². The maximum atomic E-state index is 11.4. The van der Waals surface area contributed by atoms with E-state index in [1.165, 1.54) is 0 Å². The van der Waals surface area contributed by atoms with E-state index in [9.17, 15) is 8.42 Å². The van der Waals surface area contributed by atoms with Crippen LogP contribution < -0.4 is 4.72 Å². The molecule has 7 nitrogen and oxygen atoms in total. The molecule has 0 saturated heterocycles. The van der Waals surface area contributed by atoms with Crippen LogP contribution in [-0.2, 0) is 10.0 Å². The molecule has 3 aromatic rings. The Morgan fingerprint density at radius 3 is 2.55 bits per heavy atom. The molecule has 0 aliphatic heterocycles. The van der Waals surface area contributed by atoms with Crippen LogP contribution >= 0.6 is 0 Å². The second-order valence-electron chi connectivity index (χ2n) is 4.58. The van der Waals surface area contributed by atoms with E-state index in [4.69, 9.17) is 4.52 Å². The number of nitrogens with one attached hydrogen (secondary N) is 1. The number of benzene rings is 1. The first kappa shape index (κ1) is 14.2. The zero-order chi connectivity index (χ0) is 15.6. The van der Waals surface area contributed by atoms with E-state index in [-0.39, 0.29) is 5.89 Å². The van der Waals surface area contributed by atoms with Crippen molar-refractivity contribution < 1.29 is 12.9 Å². The quantitative estimate of drug-likeness (QED) is 0.792. The summed E-state index contributed by atoms with van der Waals surface area (Å²) in [5, 5.41) is 3.91. The van der Waals surface area contributed by atoms with Crippen LogP contribution in [0.15, 0.2) is 53.3 Å². The van der Waals surface area contributed by atoms with E-state index in [1.807, 2.05) is 0 Å². The maximum absolute atomic E-state index is 11.4. The number of anilines is 1. The van der Waals surface area contributed by atoms with Crippen molar-refractivity contribution in [3.05, 3.63) is 48.8 Å². The summed E-state index contributed by atoms with van der Waals surface area (Å²) in [6.45, 7) is 0. The summed E-state index contributed by atoms with van der Waals surface area (Å²) in [6, 6.07) is 10.3. The third kappa shape index (κ3) is 3.12. The van der Waals surface area contributed by atoms with Gasteiger partial charge in [-0.2, -0.15) is 4.98 Å². The summed E-state index contributed by atoms with van der Waals surface area (Å²) in [7, 11) is -3.40. The highest BCUT2D eigenvalue weighted by atomic mass is 32.2. The third-order valence-corrected chi connectivity index (χ3v) is 3.41. The number of hydrogen-bond donors (Lipinski definition) is 1. The Bertz CT molecular complexity index is 891. The molecule has 0 saturated carbocycles. The number of pyridine rings is 1. The molecule has 1 N–H and O–H groups in total. The van der Waals surface area contributed by atoms with Gasteiger partial charge >= 0.3 is 0 Å². The molecule has 112 valence electrons. The van der Waals surface area contributed by atoms with Crippen molar-refractivity contribution in [3.63, 3.8) is 0 Å². The zero-order valence-corrected chi connectivity index (χ0v) is 12.4. The van der Waals surface area contributed by atoms with Crippen molar-refractivity contribution in [2.24, 2.45) is 0 Å². The molecule has 0 bridgehead atoms. The van der Waals surface area contributed by atoms with Gasteiger partial charge in [0.05, 0.1) is 17.5 Å². The number of para-hydroxylation sites is 1. The van der Waals surface area contributed by atoms with Gasteiger partial charge in [0.1, 0.15) is 0 Å². The van der Waals surface area contributed by atoms with E-state index in [1.54, 1.807) is 48.8 Å². The molecule has 8 heteroatoms. The van der Waals surface area contributed by atoms with Crippen LogP contribution in [0.5, 0.6) is 0 Å². The minimum atomic E-state index is -3.40. The van der Waals surface area contributed by atoms with Gasteiger partial charge < -0.3 is 4.52 Å². The fourth-order valence-electron chi connectivity index (χ4n) is 1.91. The molecule has 0 spiro atoms. The Hall–Kier alpha value is -2.74. The van der Waals surface area contributed by atoms with Crippen molar-refractivity contribution >= 4 is 15.7 Å². The maximum Gasteiger partial charge on any atom is 0.260 e. The highest BCUT2D eigenvalue weighted by molar-refractivity contribution is 7.92. The molecule has 2 heterocycles. The van der Waals surface area contributed by atoms with E-state index in [0.29, 0.717) is 17.1 Å². The molecule has 0 amide bonds. The average Bonchev–Trinajstić information content (AvgIpc) is 2.97. The molecule has 0 fully saturated rings. The van der Waals surface area contributed by atoms with Gasteiger partial charge in [0.2, 0.25) is 15.8 Å². The predicted molar refractivity (Wildman–Crippen MR) is 81.4 cm³/mol. The van der Waals surface area contributed by atoms with Crippen LogP contribution in [0.1, 0.15) is 0 Å². The topological polar surface area (TPSA) is 98.0 Å². The Kier molecular flexibility index (Phi) is 3.60. The molecule has 2 aromatic heterocycles. The van der Waals surface area contributed by atoms with Gasteiger partial charge in [0.15, 0.2) is 0 Å². The van der Waals surface area contributed by atoms with Crippen molar-refractivity contribution in [2.45, 2.75) is 0 Å². The van der Waals surface area contributed by atoms with Crippen LogP contribution in [0.25, 0.3) is 22.8 Å². The second kappa shape index (κ2) is 5.57. The summed E-state index contributed by atoms with van der Waals surface area (Å²) in [5.41, 5.74) is 1.66. The van der Waals surface area contributed by atoms with Crippen molar-refractivity contribution in [1.29, 1.82) is 0 Å². The Morgan fingerprint density at radius 1 is 1.09 bits per heavy atom. The second-order valence-corrected chi connectivity index (χ2v) is 6.33. The average molecular weight is 316 g/mol. The lowest BCUT2D eigenvalue weighted by atomic mass is 10.2. The summed E-state index contributed by atoms with van der Waals surface area (Å²) in [6.07, 6.45) is 4.34. The van der Waals surface area contributed by atoms with Gasteiger partial charge in [0, 0.05) is 18.0 Å².